The molecule has 1 aliphatic rings. The lowest BCUT2D eigenvalue weighted by atomic mass is 9.95. The molecular formula is C12H19N3OS. The first-order chi connectivity index (χ1) is 8.28. The van der Waals surface area contributed by atoms with Crippen molar-refractivity contribution in [2.45, 2.75) is 51.1 Å². The average Bonchev–Trinajstić information content (AvgIpc) is 2.78. The number of amides is 1. The summed E-state index contributed by atoms with van der Waals surface area (Å²) in [4.78, 5) is 16.1. The number of aromatic nitrogens is 1. The fourth-order valence-corrected chi connectivity index (χ4v) is 2.89. The van der Waals surface area contributed by atoms with E-state index in [9.17, 15) is 4.79 Å². The van der Waals surface area contributed by atoms with Crippen LogP contribution in [0.25, 0.3) is 0 Å². The number of rotatable bonds is 4. The monoisotopic (exact) mass is 253 g/mol. The molecule has 1 heterocycles. The van der Waals surface area contributed by atoms with Crippen molar-refractivity contribution in [1.82, 2.24) is 10.3 Å². The van der Waals surface area contributed by atoms with Crippen molar-refractivity contribution in [3.05, 3.63) is 16.1 Å². The second-order valence-electron chi connectivity index (χ2n) is 4.52. The fourth-order valence-electron chi connectivity index (χ4n) is 2.21. The smallest absolute Gasteiger partial charge is 0.226 e. The lowest BCUT2D eigenvalue weighted by molar-refractivity contribution is -0.121. The molecule has 17 heavy (non-hydrogen) atoms. The van der Waals surface area contributed by atoms with Gasteiger partial charge in [-0.1, -0.05) is 19.3 Å². The second kappa shape index (κ2) is 6.12. The van der Waals surface area contributed by atoms with E-state index in [0.29, 0.717) is 19.0 Å². The van der Waals surface area contributed by atoms with Gasteiger partial charge in [-0.05, 0) is 12.8 Å². The molecular weight excluding hydrogens is 234 g/mol. The number of nitrogens with two attached hydrogens (primary N) is 1. The first-order valence-corrected chi connectivity index (χ1v) is 7.08. The summed E-state index contributed by atoms with van der Waals surface area (Å²) in [6, 6.07) is 0.379. The maximum absolute atomic E-state index is 11.8. The predicted octanol–water partition coefficient (Wildman–Crippen LogP) is 1.59. The Hall–Kier alpha value is -0.940. The van der Waals surface area contributed by atoms with E-state index in [1.165, 1.54) is 30.6 Å². The fraction of sp³-hybridized carbons (Fsp3) is 0.667. The molecule has 5 heteroatoms. The highest BCUT2D eigenvalue weighted by molar-refractivity contribution is 7.09. The number of thiazole rings is 1. The minimum Gasteiger partial charge on any atom is -0.353 e. The van der Waals surface area contributed by atoms with Gasteiger partial charge in [-0.3, -0.25) is 4.79 Å². The molecule has 0 bridgehead atoms. The molecule has 3 N–H and O–H groups in total. The van der Waals surface area contributed by atoms with Gasteiger partial charge in [-0.2, -0.15) is 0 Å². The quantitative estimate of drug-likeness (QED) is 0.856. The van der Waals surface area contributed by atoms with Gasteiger partial charge in [0.2, 0.25) is 5.91 Å². The number of nitrogens with zero attached hydrogens (tertiary/aromatic N) is 1. The van der Waals surface area contributed by atoms with Gasteiger partial charge in [-0.25, -0.2) is 4.98 Å². The number of carbonyl (C=O) groups is 1. The molecule has 2 rings (SSSR count). The van der Waals surface area contributed by atoms with Crippen molar-refractivity contribution in [2.75, 3.05) is 0 Å². The molecule has 1 amide bonds. The Bertz CT molecular complexity index is 372. The normalized spacial score (nSPS) is 17.0. The maximum atomic E-state index is 11.8. The summed E-state index contributed by atoms with van der Waals surface area (Å²) in [6.45, 7) is 0.453. The van der Waals surface area contributed by atoms with Crippen LogP contribution >= 0.6 is 11.3 Å². The molecule has 1 aromatic heterocycles. The molecule has 1 aliphatic carbocycles. The van der Waals surface area contributed by atoms with Crippen LogP contribution < -0.4 is 11.1 Å². The molecule has 0 atom stereocenters. The number of carbonyl (C=O) groups excluding carboxylic acids is 1. The van der Waals surface area contributed by atoms with Crippen LogP contribution in [0.15, 0.2) is 5.38 Å². The Kier molecular flexibility index (Phi) is 4.50. The van der Waals surface area contributed by atoms with Gasteiger partial charge in [0.05, 0.1) is 12.1 Å². The van der Waals surface area contributed by atoms with Crippen LogP contribution in [0, 0.1) is 0 Å². The third-order valence-corrected chi connectivity index (χ3v) is 4.01. The standard InChI is InChI=1S/C12H19N3OS/c13-7-12-15-10(8-17-12)6-11(16)14-9-4-2-1-3-5-9/h8-9H,1-7,13H2,(H,14,16). The van der Waals surface area contributed by atoms with E-state index >= 15 is 0 Å². The summed E-state index contributed by atoms with van der Waals surface area (Å²) in [5.41, 5.74) is 6.33. The van der Waals surface area contributed by atoms with Gasteiger partial charge in [0, 0.05) is 18.0 Å². The van der Waals surface area contributed by atoms with E-state index in [1.807, 2.05) is 5.38 Å². The summed E-state index contributed by atoms with van der Waals surface area (Å²) in [5, 5.41) is 5.90. The lowest BCUT2D eigenvalue weighted by Crippen LogP contribution is -2.37. The highest BCUT2D eigenvalue weighted by atomic mass is 32.1. The van der Waals surface area contributed by atoms with Gasteiger partial charge in [0.1, 0.15) is 5.01 Å². The van der Waals surface area contributed by atoms with Crippen molar-refractivity contribution >= 4 is 17.2 Å². The van der Waals surface area contributed by atoms with Gasteiger partial charge in [0.25, 0.3) is 0 Å². The van der Waals surface area contributed by atoms with Crippen LogP contribution in [0.3, 0.4) is 0 Å². The number of hydrogen-bond acceptors (Lipinski definition) is 4. The molecule has 1 aromatic rings. The van der Waals surface area contributed by atoms with Crippen LogP contribution in [0.1, 0.15) is 42.8 Å². The minimum atomic E-state index is 0.0887. The summed E-state index contributed by atoms with van der Waals surface area (Å²) >= 11 is 1.52. The largest absolute Gasteiger partial charge is 0.353 e. The van der Waals surface area contributed by atoms with E-state index in [0.717, 1.165) is 23.5 Å². The SMILES string of the molecule is NCc1nc(CC(=O)NC2CCCCC2)cs1. The van der Waals surface area contributed by atoms with Crippen molar-refractivity contribution in [3.63, 3.8) is 0 Å². The van der Waals surface area contributed by atoms with Gasteiger partial charge in [0.15, 0.2) is 0 Å². The molecule has 1 fully saturated rings. The zero-order valence-electron chi connectivity index (χ0n) is 9.95. The molecule has 0 aromatic carbocycles. The average molecular weight is 253 g/mol. The zero-order chi connectivity index (χ0) is 12.1. The molecule has 0 unspecified atom stereocenters. The highest BCUT2D eigenvalue weighted by Crippen LogP contribution is 2.17. The van der Waals surface area contributed by atoms with Crippen molar-refractivity contribution < 1.29 is 4.79 Å². The Morgan fingerprint density at radius 1 is 1.47 bits per heavy atom. The molecule has 0 radical (unpaired) electrons. The Labute approximate surface area is 106 Å². The van der Waals surface area contributed by atoms with E-state index < -0.39 is 0 Å². The van der Waals surface area contributed by atoms with E-state index in [2.05, 4.69) is 10.3 Å². The third-order valence-electron chi connectivity index (χ3n) is 3.09. The second-order valence-corrected chi connectivity index (χ2v) is 5.46. The van der Waals surface area contributed by atoms with E-state index in [4.69, 9.17) is 5.73 Å². The van der Waals surface area contributed by atoms with Crippen LogP contribution in [0.2, 0.25) is 0 Å². The van der Waals surface area contributed by atoms with Gasteiger partial charge in [-0.15, -0.1) is 11.3 Å². The first kappa shape index (κ1) is 12.5. The van der Waals surface area contributed by atoms with Crippen molar-refractivity contribution in [2.24, 2.45) is 5.73 Å². The van der Waals surface area contributed by atoms with Crippen LogP contribution in [-0.4, -0.2) is 16.9 Å². The molecule has 1 saturated carbocycles. The third kappa shape index (κ3) is 3.78. The Morgan fingerprint density at radius 2 is 2.24 bits per heavy atom. The van der Waals surface area contributed by atoms with E-state index in [-0.39, 0.29) is 5.91 Å². The summed E-state index contributed by atoms with van der Waals surface area (Å²) in [5.74, 6) is 0.0887. The zero-order valence-corrected chi connectivity index (χ0v) is 10.8. The molecule has 4 nitrogen and oxygen atoms in total. The van der Waals surface area contributed by atoms with Crippen LogP contribution in [0.5, 0.6) is 0 Å². The maximum Gasteiger partial charge on any atom is 0.226 e. The predicted molar refractivity (Wildman–Crippen MR) is 68.7 cm³/mol. The van der Waals surface area contributed by atoms with E-state index in [1.54, 1.807) is 0 Å². The Balaban J connectivity index is 1.79. The minimum absolute atomic E-state index is 0.0887. The van der Waals surface area contributed by atoms with Gasteiger partial charge < -0.3 is 11.1 Å². The number of nitrogens with one attached hydrogen (secondary N) is 1. The lowest BCUT2D eigenvalue weighted by Gasteiger charge is -2.22. The van der Waals surface area contributed by atoms with Gasteiger partial charge >= 0.3 is 0 Å². The summed E-state index contributed by atoms with van der Waals surface area (Å²) in [6.07, 6.45) is 6.40. The molecule has 0 saturated heterocycles. The molecule has 0 aliphatic heterocycles. The Morgan fingerprint density at radius 3 is 2.88 bits per heavy atom. The van der Waals surface area contributed by atoms with Crippen molar-refractivity contribution in [1.29, 1.82) is 0 Å². The highest BCUT2D eigenvalue weighted by Gasteiger charge is 2.16. The summed E-state index contributed by atoms with van der Waals surface area (Å²) in [7, 11) is 0. The number of hydrogen-bond donors (Lipinski definition) is 2. The van der Waals surface area contributed by atoms with Crippen LogP contribution in [0.4, 0.5) is 0 Å². The summed E-state index contributed by atoms with van der Waals surface area (Å²) < 4.78 is 0. The molecule has 94 valence electrons. The van der Waals surface area contributed by atoms with Crippen LogP contribution in [-0.2, 0) is 17.8 Å². The van der Waals surface area contributed by atoms with Crippen molar-refractivity contribution in [3.8, 4) is 0 Å². The first-order valence-electron chi connectivity index (χ1n) is 6.20. The topological polar surface area (TPSA) is 68.0 Å². The molecule has 0 spiro atoms.